The maximum Gasteiger partial charge on any atom is 0.250 e. The monoisotopic (exact) mass is 346 g/mol. The molecule has 3 rings (SSSR count). The zero-order chi connectivity index (χ0) is 17.6. The molecule has 8 heteroatoms. The topological polar surface area (TPSA) is 90.5 Å². The van der Waals surface area contributed by atoms with Crippen LogP contribution in [0.4, 0.5) is 5.95 Å². The van der Waals surface area contributed by atoms with Gasteiger partial charge < -0.3 is 20.0 Å². The smallest absolute Gasteiger partial charge is 0.250 e. The molecule has 0 saturated carbocycles. The lowest BCUT2D eigenvalue weighted by Gasteiger charge is -2.35. The number of para-hydroxylation sites is 1. The first kappa shape index (κ1) is 17.8. The van der Waals surface area contributed by atoms with Crippen LogP contribution in [0, 0.1) is 5.92 Å². The minimum absolute atomic E-state index is 0.115. The number of rotatable bonds is 7. The van der Waals surface area contributed by atoms with Gasteiger partial charge in [-0.1, -0.05) is 23.3 Å². The van der Waals surface area contributed by atoms with E-state index in [9.17, 15) is 5.11 Å². The highest BCUT2D eigenvalue weighted by Crippen LogP contribution is 2.25. The Morgan fingerprint density at radius 3 is 2.64 bits per heavy atom. The van der Waals surface area contributed by atoms with Gasteiger partial charge in [-0.3, -0.25) is 0 Å². The quantitative estimate of drug-likeness (QED) is 0.738. The van der Waals surface area contributed by atoms with Crippen molar-refractivity contribution < 1.29 is 10.2 Å². The molecule has 8 nitrogen and oxygen atoms in total. The Morgan fingerprint density at radius 2 is 1.96 bits per heavy atom. The Balaban J connectivity index is 1.59. The fourth-order valence-corrected chi connectivity index (χ4v) is 3.33. The molecule has 1 unspecified atom stereocenters. The number of aromatic nitrogens is 4. The van der Waals surface area contributed by atoms with E-state index < -0.39 is 0 Å². The molecule has 1 saturated heterocycles. The number of nitrogens with zero attached hydrogens (tertiary/aromatic N) is 6. The van der Waals surface area contributed by atoms with Crippen LogP contribution >= 0.6 is 0 Å². The number of aliphatic hydroxyl groups excluding tert-OH is 2. The molecular weight excluding hydrogens is 320 g/mol. The second kappa shape index (κ2) is 8.37. The summed E-state index contributed by atoms with van der Waals surface area (Å²) in [4.78, 5) is 4.14. The predicted molar refractivity (Wildman–Crippen MR) is 94.7 cm³/mol. The fraction of sp³-hybridized carbons (Fsp3) is 0.588. The molecule has 0 radical (unpaired) electrons. The molecule has 1 atom stereocenters. The van der Waals surface area contributed by atoms with Gasteiger partial charge in [-0.05, 0) is 48.4 Å². The summed E-state index contributed by atoms with van der Waals surface area (Å²) in [5, 5.41) is 31.5. The summed E-state index contributed by atoms with van der Waals surface area (Å²) in [5.74, 6) is 1.01. The van der Waals surface area contributed by atoms with Gasteiger partial charge in [-0.15, -0.1) is 0 Å². The van der Waals surface area contributed by atoms with Gasteiger partial charge in [-0.25, -0.2) is 0 Å². The van der Waals surface area contributed by atoms with Crippen molar-refractivity contribution in [3.63, 3.8) is 0 Å². The Labute approximate surface area is 147 Å². The molecular formula is C17H26N6O2. The van der Waals surface area contributed by atoms with Crippen molar-refractivity contribution in [2.75, 3.05) is 44.7 Å². The van der Waals surface area contributed by atoms with Crippen molar-refractivity contribution in [2.45, 2.75) is 18.9 Å². The van der Waals surface area contributed by atoms with Gasteiger partial charge in [0.2, 0.25) is 5.95 Å². The number of piperidine rings is 1. The van der Waals surface area contributed by atoms with E-state index in [1.54, 1.807) is 4.68 Å². The summed E-state index contributed by atoms with van der Waals surface area (Å²) in [6.07, 6.45) is 1.43. The van der Waals surface area contributed by atoms with Crippen molar-refractivity contribution in [3.05, 3.63) is 30.3 Å². The van der Waals surface area contributed by atoms with Crippen molar-refractivity contribution in [1.29, 1.82) is 0 Å². The van der Waals surface area contributed by atoms with E-state index in [4.69, 9.17) is 5.11 Å². The van der Waals surface area contributed by atoms with Crippen molar-refractivity contribution in [2.24, 2.45) is 5.92 Å². The normalized spacial score (nSPS) is 17.2. The second-order valence-corrected chi connectivity index (χ2v) is 6.60. The summed E-state index contributed by atoms with van der Waals surface area (Å²) < 4.78 is 1.76. The zero-order valence-electron chi connectivity index (χ0n) is 14.6. The summed E-state index contributed by atoms with van der Waals surface area (Å²) in [6.45, 7) is 2.93. The van der Waals surface area contributed by atoms with E-state index in [0.29, 0.717) is 13.1 Å². The molecule has 0 amide bonds. The number of hydrogen-bond acceptors (Lipinski definition) is 7. The summed E-state index contributed by atoms with van der Waals surface area (Å²) >= 11 is 0. The number of tetrazole rings is 1. The van der Waals surface area contributed by atoms with Crippen LogP contribution < -0.4 is 4.90 Å². The molecule has 1 aliphatic rings. The minimum Gasteiger partial charge on any atom is -0.395 e. The maximum absolute atomic E-state index is 10.4. The molecule has 0 spiro atoms. The van der Waals surface area contributed by atoms with E-state index in [1.165, 1.54) is 0 Å². The van der Waals surface area contributed by atoms with Gasteiger partial charge in [0.25, 0.3) is 0 Å². The van der Waals surface area contributed by atoms with Gasteiger partial charge in [0.05, 0.1) is 18.4 Å². The second-order valence-electron chi connectivity index (χ2n) is 6.60. The average Bonchev–Trinajstić information content (AvgIpc) is 3.12. The summed E-state index contributed by atoms with van der Waals surface area (Å²) in [6, 6.07) is 9.85. The number of likely N-dealkylation sites (N-methyl/N-ethyl adjacent to an activating group) is 1. The zero-order valence-corrected chi connectivity index (χ0v) is 14.6. The van der Waals surface area contributed by atoms with Gasteiger partial charge in [0, 0.05) is 26.2 Å². The maximum atomic E-state index is 10.4. The molecule has 2 heterocycles. The van der Waals surface area contributed by atoms with Crippen LogP contribution in [0.1, 0.15) is 12.8 Å². The molecule has 1 aromatic carbocycles. The van der Waals surface area contributed by atoms with Crippen molar-refractivity contribution >= 4 is 5.95 Å². The van der Waals surface area contributed by atoms with Crippen molar-refractivity contribution in [1.82, 2.24) is 25.1 Å². The first-order chi connectivity index (χ1) is 12.2. The first-order valence-corrected chi connectivity index (χ1v) is 8.75. The van der Waals surface area contributed by atoms with Crippen LogP contribution in [0.5, 0.6) is 0 Å². The number of hydrogen-bond donors (Lipinski definition) is 2. The Hall–Kier alpha value is -2.03. The fourth-order valence-electron chi connectivity index (χ4n) is 3.33. The lowest BCUT2D eigenvalue weighted by Crippen LogP contribution is -2.42. The summed E-state index contributed by atoms with van der Waals surface area (Å²) in [7, 11) is 1.92. The first-order valence-electron chi connectivity index (χ1n) is 8.75. The van der Waals surface area contributed by atoms with Crippen LogP contribution in [0.3, 0.4) is 0 Å². The van der Waals surface area contributed by atoms with Crippen LogP contribution in [-0.2, 0) is 0 Å². The Bertz CT molecular complexity index is 642. The highest BCUT2D eigenvalue weighted by Gasteiger charge is 2.28. The van der Waals surface area contributed by atoms with Crippen molar-refractivity contribution in [3.8, 4) is 5.69 Å². The number of benzene rings is 1. The third kappa shape index (κ3) is 4.33. The van der Waals surface area contributed by atoms with E-state index in [0.717, 1.165) is 37.6 Å². The van der Waals surface area contributed by atoms with Gasteiger partial charge >= 0.3 is 0 Å². The van der Waals surface area contributed by atoms with Crippen LogP contribution in [0.25, 0.3) is 5.69 Å². The van der Waals surface area contributed by atoms with E-state index >= 15 is 0 Å². The Morgan fingerprint density at radius 1 is 1.24 bits per heavy atom. The van der Waals surface area contributed by atoms with Gasteiger partial charge in [0.15, 0.2) is 0 Å². The average molecular weight is 346 g/mol. The molecule has 2 N–H and O–H groups in total. The molecule has 2 aromatic rings. The molecule has 1 aromatic heterocycles. The van der Waals surface area contributed by atoms with Crippen LogP contribution in [0.15, 0.2) is 30.3 Å². The lowest BCUT2D eigenvalue weighted by atomic mass is 9.91. The van der Waals surface area contributed by atoms with E-state index in [1.807, 2.05) is 42.3 Å². The van der Waals surface area contributed by atoms with Gasteiger partial charge in [0.1, 0.15) is 0 Å². The standard InChI is InChI=1S/C17H26N6O2/c1-21(11-12-24)13-16(25)14-7-9-22(10-8-14)17-18-19-20-23(17)15-5-3-2-4-6-15/h2-6,14,16,24-25H,7-13H2,1H3. The molecule has 1 fully saturated rings. The number of anilines is 1. The SMILES string of the molecule is CN(CCO)CC(O)C1CCN(c2nnnn2-c2ccccc2)CC1. The Kier molecular flexibility index (Phi) is 5.95. The van der Waals surface area contributed by atoms with E-state index in [2.05, 4.69) is 20.4 Å². The van der Waals surface area contributed by atoms with E-state index in [-0.39, 0.29) is 18.6 Å². The predicted octanol–water partition coefficient (Wildman–Crippen LogP) is 0.164. The molecule has 25 heavy (non-hydrogen) atoms. The molecule has 0 bridgehead atoms. The highest BCUT2D eigenvalue weighted by atomic mass is 16.3. The largest absolute Gasteiger partial charge is 0.395 e. The minimum atomic E-state index is -0.371. The molecule has 0 aliphatic carbocycles. The lowest BCUT2D eigenvalue weighted by molar-refractivity contribution is 0.0562. The van der Waals surface area contributed by atoms with Crippen LogP contribution in [-0.4, -0.2) is 81.3 Å². The van der Waals surface area contributed by atoms with Gasteiger partial charge in [-0.2, -0.15) is 4.68 Å². The third-order valence-electron chi connectivity index (χ3n) is 4.80. The highest BCUT2D eigenvalue weighted by molar-refractivity contribution is 5.40. The summed E-state index contributed by atoms with van der Waals surface area (Å²) in [5.41, 5.74) is 0.940. The molecule has 1 aliphatic heterocycles. The molecule has 136 valence electrons. The number of aliphatic hydroxyl groups is 2. The third-order valence-corrected chi connectivity index (χ3v) is 4.80. The van der Waals surface area contributed by atoms with Crippen LogP contribution in [0.2, 0.25) is 0 Å².